The Morgan fingerprint density at radius 2 is 2.20 bits per heavy atom. The van der Waals surface area contributed by atoms with Crippen molar-refractivity contribution >= 4 is 12.2 Å². The van der Waals surface area contributed by atoms with E-state index in [0.717, 1.165) is 23.6 Å². The predicted octanol–water partition coefficient (Wildman–Crippen LogP) is 2.52. The summed E-state index contributed by atoms with van der Waals surface area (Å²) in [6.45, 7) is 0.856. The second-order valence-corrected chi connectivity index (χ2v) is 4.73. The van der Waals surface area contributed by atoms with Gasteiger partial charge in [0.1, 0.15) is 6.10 Å². The van der Waals surface area contributed by atoms with E-state index in [-0.39, 0.29) is 6.10 Å². The van der Waals surface area contributed by atoms with E-state index >= 15 is 0 Å². The third-order valence-corrected chi connectivity index (χ3v) is 3.40. The molecule has 1 saturated carbocycles. The Morgan fingerprint density at radius 3 is 2.87 bits per heavy atom. The Balaban J connectivity index is 1.92. The van der Waals surface area contributed by atoms with E-state index in [9.17, 15) is 0 Å². The number of hydrogen-bond donors (Lipinski definition) is 1. The Labute approximate surface area is 93.6 Å². The van der Waals surface area contributed by atoms with Gasteiger partial charge in [0, 0.05) is 12.6 Å². The molecule has 15 heavy (non-hydrogen) atoms. The van der Waals surface area contributed by atoms with Crippen molar-refractivity contribution in [2.45, 2.75) is 44.2 Å². The first-order valence-electron chi connectivity index (χ1n) is 5.64. The number of H-pyrrole nitrogens is 1. The van der Waals surface area contributed by atoms with Gasteiger partial charge in [0.2, 0.25) is 0 Å². The van der Waals surface area contributed by atoms with Crippen LogP contribution in [0.3, 0.4) is 0 Å². The average molecular weight is 225 g/mol. The first-order chi connectivity index (χ1) is 7.36. The van der Waals surface area contributed by atoms with Crippen molar-refractivity contribution in [3.8, 4) is 0 Å². The van der Waals surface area contributed by atoms with Gasteiger partial charge >= 0.3 is 0 Å². The summed E-state index contributed by atoms with van der Waals surface area (Å²) in [5.41, 5.74) is 0. The topological polar surface area (TPSA) is 42.8 Å². The highest BCUT2D eigenvalue weighted by Gasteiger charge is 2.31. The van der Waals surface area contributed by atoms with Gasteiger partial charge in [-0.05, 0) is 44.3 Å². The van der Waals surface area contributed by atoms with E-state index in [2.05, 4.69) is 14.8 Å². The largest absolute Gasteiger partial charge is 0.370 e. The summed E-state index contributed by atoms with van der Waals surface area (Å²) in [6.07, 6.45) is 6.10. The average Bonchev–Trinajstić information content (AvgIpc) is 3.03. The second-order valence-electron chi connectivity index (χ2n) is 4.34. The molecule has 5 heteroatoms. The summed E-state index contributed by atoms with van der Waals surface area (Å²) in [5, 5.41) is 7.21. The minimum Gasteiger partial charge on any atom is -0.370 e. The number of hydrogen-bond acceptors (Lipinski definition) is 3. The summed E-state index contributed by atoms with van der Waals surface area (Å²) in [4.78, 5) is 0. The summed E-state index contributed by atoms with van der Waals surface area (Å²) >= 11 is 5.25. The number of nitrogens with zero attached hydrogens (tertiary/aromatic N) is 2. The lowest BCUT2D eigenvalue weighted by atomic mass is 10.1. The molecule has 3 rings (SSSR count). The maximum Gasteiger partial charge on any atom is 0.195 e. The standard InChI is InChI=1S/C10H15N3OS/c15-10-12-11-9(13(10)7-4-5-7)8-3-1-2-6-14-8/h7-8H,1-6H2,(H,12,15). The van der Waals surface area contributed by atoms with E-state index in [1.54, 1.807) is 0 Å². The van der Waals surface area contributed by atoms with Crippen molar-refractivity contribution in [1.82, 2.24) is 14.8 Å². The predicted molar refractivity (Wildman–Crippen MR) is 58.2 cm³/mol. The van der Waals surface area contributed by atoms with Gasteiger partial charge in [-0.1, -0.05) is 0 Å². The molecule has 1 aromatic rings. The van der Waals surface area contributed by atoms with Crippen LogP contribution in [0.4, 0.5) is 0 Å². The van der Waals surface area contributed by atoms with Crippen molar-refractivity contribution < 1.29 is 4.74 Å². The Morgan fingerprint density at radius 1 is 1.33 bits per heavy atom. The third-order valence-electron chi connectivity index (χ3n) is 3.11. The Kier molecular flexibility index (Phi) is 2.36. The second kappa shape index (κ2) is 3.72. The summed E-state index contributed by atoms with van der Waals surface area (Å²) in [5.74, 6) is 1.02. The van der Waals surface area contributed by atoms with Crippen molar-refractivity contribution in [3.05, 3.63) is 10.6 Å². The lowest BCUT2D eigenvalue weighted by Crippen LogP contribution is -2.16. The fraction of sp³-hybridized carbons (Fsp3) is 0.800. The Bertz CT molecular complexity index is 401. The minimum atomic E-state index is 0.160. The lowest BCUT2D eigenvalue weighted by molar-refractivity contribution is 0.00704. The van der Waals surface area contributed by atoms with E-state index in [1.165, 1.54) is 25.7 Å². The molecule has 0 aromatic carbocycles. The molecule has 0 amide bonds. The molecule has 2 aliphatic rings. The molecule has 1 aromatic heterocycles. The molecule has 0 radical (unpaired) electrons. The fourth-order valence-corrected chi connectivity index (χ4v) is 2.46. The van der Waals surface area contributed by atoms with Crippen LogP contribution in [-0.2, 0) is 4.74 Å². The maximum absolute atomic E-state index is 5.75. The van der Waals surface area contributed by atoms with Crippen molar-refractivity contribution in [2.24, 2.45) is 0 Å². The zero-order valence-electron chi connectivity index (χ0n) is 8.61. The van der Waals surface area contributed by atoms with Crippen LogP contribution in [0.5, 0.6) is 0 Å². The van der Waals surface area contributed by atoms with Gasteiger partial charge in [-0.25, -0.2) is 0 Å². The van der Waals surface area contributed by atoms with Crippen LogP contribution in [0.2, 0.25) is 0 Å². The first-order valence-corrected chi connectivity index (χ1v) is 6.05. The Hall–Kier alpha value is -0.680. The van der Waals surface area contributed by atoms with E-state index < -0.39 is 0 Å². The normalized spacial score (nSPS) is 26.8. The molecule has 4 nitrogen and oxygen atoms in total. The maximum atomic E-state index is 5.75. The number of nitrogens with one attached hydrogen (secondary N) is 1. The molecule has 0 bridgehead atoms. The van der Waals surface area contributed by atoms with Crippen molar-refractivity contribution in [1.29, 1.82) is 0 Å². The summed E-state index contributed by atoms with van der Waals surface area (Å²) in [6, 6.07) is 0.580. The minimum absolute atomic E-state index is 0.160. The van der Waals surface area contributed by atoms with E-state index in [4.69, 9.17) is 17.0 Å². The molecule has 2 heterocycles. The van der Waals surface area contributed by atoms with Crippen molar-refractivity contribution in [2.75, 3.05) is 6.61 Å². The monoisotopic (exact) mass is 225 g/mol. The first kappa shape index (κ1) is 9.54. The highest BCUT2D eigenvalue weighted by atomic mass is 32.1. The van der Waals surface area contributed by atoms with Gasteiger partial charge in [0.05, 0.1) is 0 Å². The highest BCUT2D eigenvalue weighted by molar-refractivity contribution is 7.71. The summed E-state index contributed by atoms with van der Waals surface area (Å²) in [7, 11) is 0. The zero-order chi connectivity index (χ0) is 10.3. The quantitative estimate of drug-likeness (QED) is 0.786. The van der Waals surface area contributed by atoms with Gasteiger partial charge in [0.15, 0.2) is 10.6 Å². The lowest BCUT2D eigenvalue weighted by Gasteiger charge is -2.22. The van der Waals surface area contributed by atoms with Crippen LogP contribution in [-0.4, -0.2) is 21.4 Å². The number of rotatable bonds is 2. The molecule has 2 fully saturated rings. The molecular weight excluding hydrogens is 210 g/mol. The summed E-state index contributed by atoms with van der Waals surface area (Å²) < 4.78 is 8.66. The molecule has 1 aliphatic carbocycles. The van der Waals surface area contributed by atoms with Gasteiger partial charge in [0.25, 0.3) is 0 Å². The van der Waals surface area contributed by atoms with Crippen molar-refractivity contribution in [3.63, 3.8) is 0 Å². The van der Waals surface area contributed by atoms with Crippen LogP contribution in [0.15, 0.2) is 0 Å². The number of ether oxygens (including phenoxy) is 1. The van der Waals surface area contributed by atoms with Crippen LogP contribution < -0.4 is 0 Å². The molecule has 1 saturated heterocycles. The molecule has 0 spiro atoms. The van der Waals surface area contributed by atoms with Gasteiger partial charge in [-0.15, -0.1) is 0 Å². The number of aromatic amines is 1. The highest BCUT2D eigenvalue weighted by Crippen LogP contribution is 2.38. The smallest absolute Gasteiger partial charge is 0.195 e. The molecule has 1 N–H and O–H groups in total. The van der Waals surface area contributed by atoms with Crippen LogP contribution in [0.25, 0.3) is 0 Å². The van der Waals surface area contributed by atoms with E-state index in [1.807, 2.05) is 0 Å². The third kappa shape index (κ3) is 1.74. The fourth-order valence-electron chi connectivity index (χ4n) is 2.17. The van der Waals surface area contributed by atoms with Gasteiger partial charge in [-0.2, -0.15) is 5.10 Å². The molecule has 1 aliphatic heterocycles. The molecule has 1 atom stereocenters. The van der Waals surface area contributed by atoms with Crippen LogP contribution >= 0.6 is 12.2 Å². The molecule has 82 valence electrons. The molecular formula is C10H15N3OS. The number of aromatic nitrogens is 3. The zero-order valence-corrected chi connectivity index (χ0v) is 9.42. The van der Waals surface area contributed by atoms with E-state index in [0.29, 0.717) is 6.04 Å². The van der Waals surface area contributed by atoms with Crippen LogP contribution in [0.1, 0.15) is 50.1 Å². The van der Waals surface area contributed by atoms with Crippen LogP contribution in [0, 0.1) is 4.77 Å². The van der Waals surface area contributed by atoms with Gasteiger partial charge < -0.3 is 4.74 Å². The molecule has 1 unspecified atom stereocenters. The SMILES string of the molecule is S=c1[nH]nc(C2CCCCO2)n1C1CC1. The van der Waals surface area contributed by atoms with Gasteiger partial charge in [-0.3, -0.25) is 9.67 Å².